The summed E-state index contributed by atoms with van der Waals surface area (Å²) in [5, 5.41) is 6.75. The first-order chi connectivity index (χ1) is 8.70. The maximum absolute atomic E-state index is 11.9. The second kappa shape index (κ2) is 6.37. The van der Waals surface area contributed by atoms with Gasteiger partial charge in [0.2, 0.25) is 0 Å². The molecule has 1 amide bonds. The second-order valence-electron chi connectivity index (χ2n) is 5.77. The predicted molar refractivity (Wildman–Crippen MR) is 73.7 cm³/mol. The fourth-order valence-electron chi connectivity index (χ4n) is 2.05. The normalized spacial score (nSPS) is 20.6. The van der Waals surface area contributed by atoms with E-state index in [1.54, 1.807) is 4.90 Å². The zero-order valence-electron chi connectivity index (χ0n) is 11.7. The number of likely N-dealkylation sites (tertiary alicyclic amines) is 1. The third kappa shape index (κ3) is 5.19. The Morgan fingerprint density at radius 2 is 1.89 bits per heavy atom. The van der Waals surface area contributed by atoms with Crippen LogP contribution in [0.1, 0.15) is 40.0 Å². The van der Waals surface area contributed by atoms with Crippen molar-refractivity contribution in [2.45, 2.75) is 45.6 Å². The lowest BCUT2D eigenvalue weighted by molar-refractivity contribution is -0.116. The van der Waals surface area contributed by atoms with E-state index in [4.69, 9.17) is 21.7 Å². The Hall–Kier alpha value is -1.10. The first kappa shape index (κ1) is 16.0. The fourth-order valence-corrected chi connectivity index (χ4v) is 2.20. The number of nitrogens with zero attached hydrogens (tertiary/aromatic N) is 1. The molecule has 1 unspecified atom stereocenters. The number of nitrogens with one attached hydrogen (secondary N) is 1. The molecule has 0 bridgehead atoms. The van der Waals surface area contributed by atoms with Crippen LogP contribution >= 0.6 is 11.6 Å². The van der Waals surface area contributed by atoms with Gasteiger partial charge in [0.25, 0.3) is 0 Å². The van der Waals surface area contributed by atoms with Gasteiger partial charge in [-0.2, -0.15) is 0 Å². The van der Waals surface area contributed by atoms with E-state index in [2.05, 4.69) is 0 Å². The molecule has 0 aliphatic carbocycles. The molecule has 1 rings (SSSR count). The number of hydrogen-bond donors (Lipinski definition) is 1. The average Bonchev–Trinajstić information content (AvgIpc) is 2.50. The number of halogens is 1. The molecule has 108 valence electrons. The van der Waals surface area contributed by atoms with Crippen molar-refractivity contribution < 1.29 is 14.3 Å². The van der Waals surface area contributed by atoms with Gasteiger partial charge in [0.15, 0.2) is 11.0 Å². The second-order valence-corrected chi connectivity index (χ2v) is 6.15. The van der Waals surface area contributed by atoms with Gasteiger partial charge in [-0.1, -0.05) is 11.6 Å². The number of rotatable bonds is 2. The van der Waals surface area contributed by atoms with E-state index in [9.17, 15) is 9.59 Å². The van der Waals surface area contributed by atoms with Crippen LogP contribution in [0, 0.1) is 11.3 Å². The topological polar surface area (TPSA) is 70.5 Å². The fraction of sp³-hybridized carbons (Fsp3) is 0.769. The van der Waals surface area contributed by atoms with Crippen molar-refractivity contribution in [3.05, 3.63) is 0 Å². The summed E-state index contributed by atoms with van der Waals surface area (Å²) < 4.78 is 5.31. The van der Waals surface area contributed by atoms with Crippen LogP contribution in [-0.4, -0.2) is 40.6 Å². The van der Waals surface area contributed by atoms with Gasteiger partial charge in [-0.3, -0.25) is 10.2 Å². The van der Waals surface area contributed by atoms with Crippen molar-refractivity contribution in [1.82, 2.24) is 4.90 Å². The van der Waals surface area contributed by atoms with Crippen molar-refractivity contribution in [3.63, 3.8) is 0 Å². The minimum atomic E-state index is -0.517. The van der Waals surface area contributed by atoms with E-state index in [0.29, 0.717) is 25.9 Å². The third-order valence-corrected chi connectivity index (χ3v) is 3.15. The van der Waals surface area contributed by atoms with Gasteiger partial charge in [-0.05, 0) is 40.0 Å². The largest absolute Gasteiger partial charge is 0.444 e. The molecule has 0 radical (unpaired) electrons. The summed E-state index contributed by atoms with van der Waals surface area (Å²) in [6.45, 7) is 6.52. The maximum Gasteiger partial charge on any atom is 0.410 e. The van der Waals surface area contributed by atoms with Crippen molar-refractivity contribution in [1.29, 1.82) is 5.41 Å². The molecule has 1 heterocycles. The van der Waals surface area contributed by atoms with Crippen molar-refractivity contribution in [3.8, 4) is 0 Å². The van der Waals surface area contributed by atoms with Crippen molar-refractivity contribution >= 4 is 28.6 Å². The molecule has 6 heteroatoms. The lowest BCUT2D eigenvalue weighted by atomic mass is 9.96. The monoisotopic (exact) mass is 288 g/mol. The summed E-state index contributed by atoms with van der Waals surface area (Å²) in [4.78, 5) is 25.2. The molecule has 1 aliphatic heterocycles. The van der Waals surface area contributed by atoms with Gasteiger partial charge in [-0.15, -0.1) is 0 Å². The minimum Gasteiger partial charge on any atom is -0.444 e. The molecule has 1 fully saturated rings. The predicted octanol–water partition coefficient (Wildman–Crippen LogP) is 2.81. The SMILES string of the molecule is CC(C)(C)OC(=O)N1CCCC(C(=O)C(=N)Cl)CC1. The lowest BCUT2D eigenvalue weighted by Crippen LogP contribution is -2.37. The number of hydrogen-bond acceptors (Lipinski definition) is 4. The van der Waals surface area contributed by atoms with E-state index in [0.717, 1.165) is 6.42 Å². The van der Waals surface area contributed by atoms with E-state index < -0.39 is 10.8 Å². The quantitative estimate of drug-likeness (QED) is 0.794. The highest BCUT2D eigenvalue weighted by molar-refractivity contribution is 6.82. The van der Waals surface area contributed by atoms with Gasteiger partial charge in [0.05, 0.1) is 0 Å². The van der Waals surface area contributed by atoms with Gasteiger partial charge in [0.1, 0.15) is 5.60 Å². The van der Waals surface area contributed by atoms with Gasteiger partial charge in [-0.25, -0.2) is 4.79 Å². The van der Waals surface area contributed by atoms with Crippen LogP contribution in [0.3, 0.4) is 0 Å². The van der Waals surface area contributed by atoms with Crippen LogP contribution in [0.2, 0.25) is 0 Å². The van der Waals surface area contributed by atoms with Crippen LogP contribution in [-0.2, 0) is 9.53 Å². The Labute approximate surface area is 118 Å². The molecular formula is C13H21ClN2O3. The minimum absolute atomic E-state index is 0.252. The molecular weight excluding hydrogens is 268 g/mol. The summed E-state index contributed by atoms with van der Waals surface area (Å²) in [6, 6.07) is 0. The van der Waals surface area contributed by atoms with Gasteiger partial charge in [0, 0.05) is 19.0 Å². The molecule has 0 saturated carbocycles. The Morgan fingerprint density at radius 1 is 1.26 bits per heavy atom. The number of carbonyl (C=O) groups is 2. The first-order valence-electron chi connectivity index (χ1n) is 6.47. The highest BCUT2D eigenvalue weighted by atomic mass is 35.5. The number of amides is 1. The zero-order chi connectivity index (χ0) is 14.6. The summed E-state index contributed by atoms with van der Waals surface area (Å²) in [6.07, 6.45) is 1.57. The molecule has 0 aromatic carbocycles. The smallest absolute Gasteiger partial charge is 0.410 e. The maximum atomic E-state index is 11.9. The highest BCUT2D eigenvalue weighted by Crippen LogP contribution is 2.21. The number of Topliss-reactive ketones (excluding diaryl/α,β-unsaturated/α-hetero) is 1. The van der Waals surface area contributed by atoms with Gasteiger partial charge < -0.3 is 9.64 Å². The number of ketones is 1. The molecule has 0 aromatic rings. The zero-order valence-corrected chi connectivity index (χ0v) is 12.4. The Balaban J connectivity index is 2.57. The summed E-state index contributed by atoms with van der Waals surface area (Å²) in [7, 11) is 0. The molecule has 5 nitrogen and oxygen atoms in total. The number of carbonyl (C=O) groups excluding carboxylic acids is 2. The molecule has 0 aromatic heterocycles. The average molecular weight is 289 g/mol. The summed E-state index contributed by atoms with van der Waals surface area (Å²) >= 11 is 5.43. The first-order valence-corrected chi connectivity index (χ1v) is 6.84. The van der Waals surface area contributed by atoms with Crippen LogP contribution < -0.4 is 0 Å². The molecule has 1 N–H and O–H groups in total. The molecule has 1 atom stereocenters. The molecule has 0 spiro atoms. The molecule has 1 aliphatic rings. The molecule has 19 heavy (non-hydrogen) atoms. The van der Waals surface area contributed by atoms with E-state index >= 15 is 0 Å². The van der Waals surface area contributed by atoms with Gasteiger partial charge >= 0.3 is 6.09 Å². The van der Waals surface area contributed by atoms with Crippen LogP contribution in [0.15, 0.2) is 0 Å². The van der Waals surface area contributed by atoms with Crippen molar-refractivity contribution in [2.24, 2.45) is 5.92 Å². The van der Waals surface area contributed by atoms with Crippen molar-refractivity contribution in [2.75, 3.05) is 13.1 Å². The Morgan fingerprint density at radius 3 is 2.42 bits per heavy atom. The third-order valence-electron chi connectivity index (χ3n) is 2.97. The Bertz CT molecular complexity index is 377. The lowest BCUT2D eigenvalue weighted by Gasteiger charge is -2.26. The highest BCUT2D eigenvalue weighted by Gasteiger charge is 2.28. The van der Waals surface area contributed by atoms with E-state index in [-0.39, 0.29) is 17.8 Å². The number of ether oxygens (including phenoxy) is 1. The molecule has 1 saturated heterocycles. The van der Waals surface area contributed by atoms with Crippen LogP contribution in [0.25, 0.3) is 0 Å². The standard InChI is InChI=1S/C13H21ClN2O3/c1-13(2,3)19-12(18)16-7-4-5-9(6-8-16)10(17)11(14)15/h9,15H,4-8H2,1-3H3. The van der Waals surface area contributed by atoms with E-state index in [1.807, 2.05) is 20.8 Å². The Kier molecular flexibility index (Phi) is 5.35. The summed E-state index contributed by atoms with van der Waals surface area (Å²) in [5.41, 5.74) is -0.517. The van der Waals surface area contributed by atoms with Crippen LogP contribution in [0.4, 0.5) is 4.79 Å². The van der Waals surface area contributed by atoms with E-state index in [1.165, 1.54) is 0 Å². The van der Waals surface area contributed by atoms with Crippen LogP contribution in [0.5, 0.6) is 0 Å². The summed E-state index contributed by atoms with van der Waals surface area (Å²) in [5.74, 6) is -0.579.